The molecular formula is C14H18O2. The van der Waals surface area contributed by atoms with Gasteiger partial charge in [-0.3, -0.25) is 4.79 Å². The zero-order valence-electron chi connectivity index (χ0n) is 9.90. The van der Waals surface area contributed by atoms with Crippen LogP contribution in [-0.4, -0.2) is 12.4 Å². The summed E-state index contributed by atoms with van der Waals surface area (Å²) in [6.45, 7) is 4.58. The summed E-state index contributed by atoms with van der Waals surface area (Å²) in [5, 5.41) is 0. The molecule has 0 aliphatic heterocycles. The number of para-hydroxylation sites is 1. The summed E-state index contributed by atoms with van der Waals surface area (Å²) in [4.78, 5) is 11.4. The molecule has 2 atom stereocenters. The fourth-order valence-electron chi connectivity index (χ4n) is 2.06. The fourth-order valence-corrected chi connectivity index (χ4v) is 2.06. The number of benzene rings is 1. The second kappa shape index (κ2) is 4.69. The van der Waals surface area contributed by atoms with Crippen LogP contribution in [0.5, 0.6) is 5.75 Å². The number of ether oxygens (including phenoxy) is 1. The van der Waals surface area contributed by atoms with Gasteiger partial charge in [0.15, 0.2) is 5.78 Å². The van der Waals surface area contributed by atoms with E-state index in [1.165, 1.54) is 12.8 Å². The van der Waals surface area contributed by atoms with Crippen LogP contribution in [0.1, 0.15) is 37.0 Å². The van der Waals surface area contributed by atoms with Crippen LogP contribution in [0.2, 0.25) is 0 Å². The smallest absolute Gasteiger partial charge is 0.163 e. The molecule has 2 nitrogen and oxygen atoms in total. The van der Waals surface area contributed by atoms with Crippen molar-refractivity contribution in [3.05, 3.63) is 29.8 Å². The molecule has 0 N–H and O–H groups in total. The van der Waals surface area contributed by atoms with Crippen molar-refractivity contribution < 1.29 is 9.53 Å². The van der Waals surface area contributed by atoms with E-state index in [0.29, 0.717) is 11.5 Å². The first-order chi connectivity index (χ1) is 7.68. The van der Waals surface area contributed by atoms with Crippen LogP contribution < -0.4 is 4.74 Å². The molecule has 1 aliphatic rings. The van der Waals surface area contributed by atoms with E-state index in [0.717, 1.165) is 18.3 Å². The van der Waals surface area contributed by atoms with Crippen molar-refractivity contribution in [2.45, 2.75) is 26.7 Å². The monoisotopic (exact) mass is 218 g/mol. The first-order valence-electron chi connectivity index (χ1n) is 5.91. The first kappa shape index (κ1) is 11.2. The molecule has 1 saturated carbocycles. The molecule has 1 fully saturated rings. The molecule has 0 radical (unpaired) electrons. The van der Waals surface area contributed by atoms with Crippen molar-refractivity contribution in [2.75, 3.05) is 6.61 Å². The van der Waals surface area contributed by atoms with E-state index in [4.69, 9.17) is 4.74 Å². The zero-order chi connectivity index (χ0) is 11.5. The number of rotatable bonds is 4. The third-order valence-electron chi connectivity index (χ3n) is 3.52. The highest BCUT2D eigenvalue weighted by Gasteiger charge is 2.27. The van der Waals surface area contributed by atoms with Gasteiger partial charge in [0.1, 0.15) is 5.75 Å². The minimum Gasteiger partial charge on any atom is -0.493 e. The highest BCUT2D eigenvalue weighted by Crippen LogP contribution is 2.34. The van der Waals surface area contributed by atoms with Gasteiger partial charge in [0, 0.05) is 0 Å². The van der Waals surface area contributed by atoms with Gasteiger partial charge in [0.2, 0.25) is 0 Å². The largest absolute Gasteiger partial charge is 0.493 e. The third kappa shape index (κ3) is 2.26. The van der Waals surface area contributed by atoms with Gasteiger partial charge in [-0.15, -0.1) is 0 Å². The summed E-state index contributed by atoms with van der Waals surface area (Å²) >= 11 is 0. The lowest BCUT2D eigenvalue weighted by Crippen LogP contribution is -2.28. The first-order valence-corrected chi connectivity index (χ1v) is 5.91. The van der Waals surface area contributed by atoms with Crippen LogP contribution >= 0.6 is 0 Å². The lowest BCUT2D eigenvalue weighted by Gasteiger charge is -2.33. The van der Waals surface area contributed by atoms with Crippen molar-refractivity contribution in [1.29, 1.82) is 0 Å². The van der Waals surface area contributed by atoms with Crippen LogP contribution in [0, 0.1) is 11.8 Å². The van der Waals surface area contributed by atoms with Crippen LogP contribution in [0.4, 0.5) is 0 Å². The van der Waals surface area contributed by atoms with E-state index < -0.39 is 0 Å². The maximum atomic E-state index is 11.4. The summed E-state index contributed by atoms with van der Waals surface area (Å²) in [6, 6.07) is 7.48. The Kier molecular flexibility index (Phi) is 3.28. The van der Waals surface area contributed by atoms with Crippen LogP contribution in [-0.2, 0) is 0 Å². The number of carbonyl (C=O) groups excluding carboxylic acids is 1. The Labute approximate surface area is 96.6 Å². The zero-order valence-corrected chi connectivity index (χ0v) is 9.90. The van der Waals surface area contributed by atoms with Crippen molar-refractivity contribution in [1.82, 2.24) is 0 Å². The molecule has 1 aliphatic carbocycles. The molecule has 0 amide bonds. The highest BCUT2D eigenvalue weighted by molar-refractivity contribution is 5.96. The number of carbonyl (C=O) groups is 1. The van der Waals surface area contributed by atoms with Gasteiger partial charge >= 0.3 is 0 Å². The fraction of sp³-hybridized carbons (Fsp3) is 0.500. The Morgan fingerprint density at radius 2 is 2.12 bits per heavy atom. The van der Waals surface area contributed by atoms with E-state index in [-0.39, 0.29) is 5.78 Å². The molecule has 16 heavy (non-hydrogen) atoms. The molecule has 2 rings (SSSR count). The van der Waals surface area contributed by atoms with E-state index in [1.807, 2.05) is 24.3 Å². The average molecular weight is 218 g/mol. The van der Waals surface area contributed by atoms with Crippen molar-refractivity contribution in [3.8, 4) is 5.75 Å². The predicted molar refractivity (Wildman–Crippen MR) is 63.8 cm³/mol. The average Bonchev–Trinajstić information content (AvgIpc) is 2.27. The lowest BCUT2D eigenvalue weighted by atomic mass is 9.75. The molecule has 86 valence electrons. The number of hydrogen-bond donors (Lipinski definition) is 0. The predicted octanol–water partition coefficient (Wildman–Crippen LogP) is 3.31. The van der Waals surface area contributed by atoms with Gasteiger partial charge in [-0.25, -0.2) is 0 Å². The van der Waals surface area contributed by atoms with Gasteiger partial charge < -0.3 is 4.74 Å². The second-order valence-electron chi connectivity index (χ2n) is 4.68. The molecule has 0 unspecified atom stereocenters. The lowest BCUT2D eigenvalue weighted by molar-refractivity contribution is 0.0992. The molecule has 0 heterocycles. The van der Waals surface area contributed by atoms with Crippen LogP contribution in [0.15, 0.2) is 24.3 Å². The highest BCUT2D eigenvalue weighted by atomic mass is 16.5. The second-order valence-corrected chi connectivity index (χ2v) is 4.68. The van der Waals surface area contributed by atoms with Crippen molar-refractivity contribution in [3.63, 3.8) is 0 Å². The van der Waals surface area contributed by atoms with Gasteiger partial charge in [-0.1, -0.05) is 19.1 Å². The van der Waals surface area contributed by atoms with Gasteiger partial charge in [0.25, 0.3) is 0 Å². The summed E-state index contributed by atoms with van der Waals surface area (Å²) in [5.41, 5.74) is 0.689. The summed E-state index contributed by atoms with van der Waals surface area (Å²) in [7, 11) is 0. The maximum Gasteiger partial charge on any atom is 0.163 e. The summed E-state index contributed by atoms with van der Waals surface area (Å²) < 4.78 is 5.75. The normalized spacial score (nSPS) is 23.6. The minimum absolute atomic E-state index is 0.0669. The third-order valence-corrected chi connectivity index (χ3v) is 3.52. The standard InChI is InChI=1S/C14H18O2/c1-10-7-8-12(10)9-16-14-6-4-3-5-13(14)11(2)15/h3-6,10,12H,7-9H2,1-2H3/t10-,12+/m0/s1. The SMILES string of the molecule is CC(=O)c1ccccc1OC[C@H]1CC[C@@H]1C. The molecule has 2 heteroatoms. The molecule has 0 saturated heterocycles. The quantitative estimate of drug-likeness (QED) is 0.725. The molecule has 1 aromatic carbocycles. The van der Waals surface area contributed by atoms with Gasteiger partial charge in [-0.05, 0) is 43.7 Å². The van der Waals surface area contributed by atoms with Crippen molar-refractivity contribution in [2.24, 2.45) is 11.8 Å². The van der Waals surface area contributed by atoms with Gasteiger partial charge in [-0.2, -0.15) is 0 Å². The molecule has 0 aromatic heterocycles. The Hall–Kier alpha value is -1.31. The number of Topliss-reactive ketones (excluding diaryl/α,β-unsaturated/α-hetero) is 1. The molecule has 0 bridgehead atoms. The van der Waals surface area contributed by atoms with E-state index in [1.54, 1.807) is 6.92 Å². The summed E-state index contributed by atoms with van der Waals surface area (Å²) in [6.07, 6.45) is 2.56. The van der Waals surface area contributed by atoms with E-state index in [9.17, 15) is 4.79 Å². The van der Waals surface area contributed by atoms with E-state index in [2.05, 4.69) is 6.92 Å². The topological polar surface area (TPSA) is 26.3 Å². The molecule has 1 aromatic rings. The Bertz CT molecular complexity index is 384. The van der Waals surface area contributed by atoms with Crippen LogP contribution in [0.25, 0.3) is 0 Å². The van der Waals surface area contributed by atoms with Crippen LogP contribution in [0.3, 0.4) is 0 Å². The Morgan fingerprint density at radius 3 is 2.69 bits per heavy atom. The molecule has 0 spiro atoms. The number of hydrogen-bond acceptors (Lipinski definition) is 2. The number of ketones is 1. The van der Waals surface area contributed by atoms with E-state index >= 15 is 0 Å². The van der Waals surface area contributed by atoms with Crippen molar-refractivity contribution >= 4 is 5.78 Å². The van der Waals surface area contributed by atoms with Gasteiger partial charge in [0.05, 0.1) is 12.2 Å². The molecular weight excluding hydrogens is 200 g/mol. The Balaban J connectivity index is 2.00. The Morgan fingerprint density at radius 1 is 1.38 bits per heavy atom. The summed E-state index contributed by atoms with van der Waals surface area (Å²) in [5.74, 6) is 2.23. The maximum absolute atomic E-state index is 11.4. The minimum atomic E-state index is 0.0669.